The van der Waals surface area contributed by atoms with Gasteiger partial charge in [0, 0.05) is 35.6 Å². The number of nitrogens with two attached hydrogens (primary N) is 1. The second-order valence-corrected chi connectivity index (χ2v) is 8.21. The van der Waals surface area contributed by atoms with E-state index in [9.17, 15) is 8.78 Å². The van der Waals surface area contributed by atoms with Crippen LogP contribution in [0.1, 0.15) is 18.4 Å². The summed E-state index contributed by atoms with van der Waals surface area (Å²) >= 11 is 0. The molecular weight excluding hydrogens is 396 g/mol. The van der Waals surface area contributed by atoms with Crippen LogP contribution in [0.5, 0.6) is 0 Å². The van der Waals surface area contributed by atoms with E-state index >= 15 is 0 Å². The molecule has 2 aromatic carbocycles. The van der Waals surface area contributed by atoms with E-state index < -0.39 is 0 Å². The summed E-state index contributed by atoms with van der Waals surface area (Å²) in [6.45, 7) is 3.42. The molecule has 0 unspecified atom stereocenters. The summed E-state index contributed by atoms with van der Waals surface area (Å²) < 4.78 is 27.9. The van der Waals surface area contributed by atoms with Crippen LogP contribution < -0.4 is 10.6 Å². The SMILES string of the molecule is Cc1cc(F)cc(-c2cnnc(-c3cc4ccc(F)cc4[nH]3)c2N2CCC(N)CC2)c1. The van der Waals surface area contributed by atoms with Crippen molar-refractivity contribution in [3.63, 3.8) is 0 Å². The topological polar surface area (TPSA) is 70.8 Å². The highest BCUT2D eigenvalue weighted by Gasteiger charge is 2.25. The monoisotopic (exact) mass is 419 g/mol. The molecule has 0 bridgehead atoms. The van der Waals surface area contributed by atoms with Crippen molar-refractivity contribution < 1.29 is 8.78 Å². The fourth-order valence-corrected chi connectivity index (χ4v) is 4.33. The summed E-state index contributed by atoms with van der Waals surface area (Å²) in [6, 6.07) is 11.7. The van der Waals surface area contributed by atoms with Crippen molar-refractivity contribution >= 4 is 16.6 Å². The molecule has 7 heteroatoms. The van der Waals surface area contributed by atoms with Gasteiger partial charge < -0.3 is 15.6 Å². The molecular formula is C24H23F2N5. The van der Waals surface area contributed by atoms with Crippen molar-refractivity contribution in [2.45, 2.75) is 25.8 Å². The van der Waals surface area contributed by atoms with Crippen molar-refractivity contribution in [2.75, 3.05) is 18.0 Å². The number of H-pyrrole nitrogens is 1. The van der Waals surface area contributed by atoms with E-state index in [-0.39, 0.29) is 17.7 Å². The zero-order valence-corrected chi connectivity index (χ0v) is 17.2. The molecule has 0 spiro atoms. The summed E-state index contributed by atoms with van der Waals surface area (Å²) in [5.74, 6) is -0.595. The minimum Gasteiger partial charge on any atom is -0.369 e. The molecule has 31 heavy (non-hydrogen) atoms. The van der Waals surface area contributed by atoms with E-state index in [4.69, 9.17) is 5.73 Å². The van der Waals surface area contributed by atoms with Gasteiger partial charge in [-0.3, -0.25) is 0 Å². The van der Waals surface area contributed by atoms with Gasteiger partial charge in [0.2, 0.25) is 0 Å². The Bertz CT molecular complexity index is 1240. The highest BCUT2D eigenvalue weighted by Crippen LogP contribution is 2.39. The van der Waals surface area contributed by atoms with E-state index in [2.05, 4.69) is 20.1 Å². The van der Waals surface area contributed by atoms with Crippen LogP contribution in [0.15, 0.2) is 48.7 Å². The van der Waals surface area contributed by atoms with Crippen molar-refractivity contribution in [3.05, 3.63) is 65.9 Å². The molecule has 1 saturated heterocycles. The van der Waals surface area contributed by atoms with Crippen LogP contribution in [0.25, 0.3) is 33.4 Å². The van der Waals surface area contributed by atoms with E-state index in [0.717, 1.165) is 59.4 Å². The lowest BCUT2D eigenvalue weighted by atomic mass is 9.98. The number of aryl methyl sites for hydroxylation is 1. The molecule has 3 heterocycles. The molecule has 158 valence electrons. The molecule has 5 nitrogen and oxygen atoms in total. The van der Waals surface area contributed by atoms with Gasteiger partial charge in [-0.1, -0.05) is 6.07 Å². The van der Waals surface area contributed by atoms with E-state index in [1.807, 2.05) is 19.1 Å². The van der Waals surface area contributed by atoms with E-state index in [0.29, 0.717) is 11.2 Å². The zero-order chi connectivity index (χ0) is 21.5. The van der Waals surface area contributed by atoms with Gasteiger partial charge in [0.25, 0.3) is 0 Å². The fraction of sp³-hybridized carbons (Fsp3) is 0.250. The maximum atomic E-state index is 14.2. The lowest BCUT2D eigenvalue weighted by Crippen LogP contribution is -2.40. The number of benzene rings is 2. The van der Waals surface area contributed by atoms with E-state index in [1.165, 1.54) is 24.3 Å². The number of halogens is 2. The first kappa shape index (κ1) is 19.6. The molecule has 4 aromatic rings. The first-order valence-corrected chi connectivity index (χ1v) is 10.4. The largest absolute Gasteiger partial charge is 0.369 e. The number of piperidine rings is 1. The van der Waals surface area contributed by atoms with Gasteiger partial charge in [-0.15, -0.1) is 5.10 Å². The number of hydrogen-bond donors (Lipinski definition) is 2. The van der Waals surface area contributed by atoms with Gasteiger partial charge >= 0.3 is 0 Å². The smallest absolute Gasteiger partial charge is 0.133 e. The number of fused-ring (bicyclic) bond motifs is 1. The number of anilines is 1. The first-order chi connectivity index (χ1) is 15.0. The third-order valence-corrected chi connectivity index (χ3v) is 5.87. The minimum absolute atomic E-state index is 0.172. The van der Waals surface area contributed by atoms with Gasteiger partial charge in [-0.05, 0) is 67.3 Å². The Morgan fingerprint density at radius 1 is 1.03 bits per heavy atom. The van der Waals surface area contributed by atoms with Crippen molar-refractivity contribution in [1.29, 1.82) is 0 Å². The fourth-order valence-electron chi connectivity index (χ4n) is 4.33. The molecule has 1 aliphatic heterocycles. The summed E-state index contributed by atoms with van der Waals surface area (Å²) in [6.07, 6.45) is 3.41. The summed E-state index contributed by atoms with van der Waals surface area (Å²) in [5.41, 5.74) is 11.5. The molecule has 0 amide bonds. The molecule has 2 aromatic heterocycles. The van der Waals surface area contributed by atoms with Crippen LogP contribution in [0, 0.1) is 18.6 Å². The highest BCUT2D eigenvalue weighted by atomic mass is 19.1. The van der Waals surface area contributed by atoms with Crippen molar-refractivity contribution in [1.82, 2.24) is 15.2 Å². The molecule has 1 aliphatic rings. The molecule has 1 fully saturated rings. The quantitative estimate of drug-likeness (QED) is 0.500. The van der Waals surface area contributed by atoms with Gasteiger partial charge in [0.05, 0.1) is 17.6 Å². The molecule has 0 aliphatic carbocycles. The average molecular weight is 419 g/mol. The number of aromatic amines is 1. The predicted octanol–water partition coefficient (Wildman–Crippen LogP) is 4.81. The number of aromatic nitrogens is 3. The van der Waals surface area contributed by atoms with Crippen molar-refractivity contribution in [3.8, 4) is 22.5 Å². The number of nitrogens with one attached hydrogen (secondary N) is 1. The second-order valence-electron chi connectivity index (χ2n) is 8.21. The van der Waals surface area contributed by atoms with Crippen LogP contribution in [-0.4, -0.2) is 34.3 Å². The first-order valence-electron chi connectivity index (χ1n) is 10.4. The number of hydrogen-bond acceptors (Lipinski definition) is 4. The van der Waals surface area contributed by atoms with Gasteiger partial charge in [-0.25, -0.2) is 8.78 Å². The van der Waals surface area contributed by atoms with E-state index in [1.54, 1.807) is 12.3 Å². The minimum atomic E-state index is -0.304. The molecule has 0 radical (unpaired) electrons. The average Bonchev–Trinajstić information content (AvgIpc) is 3.16. The van der Waals surface area contributed by atoms with Crippen LogP contribution in [0.3, 0.4) is 0 Å². The Hall–Kier alpha value is -3.32. The third-order valence-electron chi connectivity index (χ3n) is 5.87. The Kier molecular flexibility index (Phi) is 4.90. The van der Waals surface area contributed by atoms with Crippen LogP contribution in [0.4, 0.5) is 14.5 Å². The summed E-state index contributed by atoms with van der Waals surface area (Å²) in [4.78, 5) is 5.52. The van der Waals surface area contributed by atoms with Crippen LogP contribution >= 0.6 is 0 Å². The zero-order valence-electron chi connectivity index (χ0n) is 17.2. The number of nitrogens with zero attached hydrogens (tertiary/aromatic N) is 3. The molecule has 3 N–H and O–H groups in total. The Morgan fingerprint density at radius 2 is 1.84 bits per heavy atom. The lowest BCUT2D eigenvalue weighted by Gasteiger charge is -2.34. The lowest BCUT2D eigenvalue weighted by molar-refractivity contribution is 0.501. The van der Waals surface area contributed by atoms with Crippen LogP contribution in [0.2, 0.25) is 0 Å². The Balaban J connectivity index is 1.71. The predicted molar refractivity (Wildman–Crippen MR) is 119 cm³/mol. The maximum absolute atomic E-state index is 14.2. The standard InChI is InChI=1S/C24H23F2N5/c1-14-8-16(10-18(26)9-14)20-13-28-30-23(24(20)31-6-4-19(27)5-7-31)22-11-15-2-3-17(25)12-21(15)29-22/h2-3,8-13,19,29H,4-7,27H2,1H3. The summed E-state index contributed by atoms with van der Waals surface area (Å²) in [7, 11) is 0. The highest BCUT2D eigenvalue weighted by molar-refractivity contribution is 5.92. The third kappa shape index (κ3) is 3.77. The molecule has 5 rings (SSSR count). The second kappa shape index (κ2) is 7.74. The maximum Gasteiger partial charge on any atom is 0.133 e. The Labute approximate surface area is 178 Å². The van der Waals surface area contributed by atoms with Gasteiger partial charge in [0.15, 0.2) is 0 Å². The summed E-state index contributed by atoms with van der Waals surface area (Å²) in [5, 5.41) is 9.57. The normalized spacial score (nSPS) is 15.0. The molecule has 0 atom stereocenters. The number of rotatable bonds is 3. The van der Waals surface area contributed by atoms with Gasteiger partial charge in [-0.2, -0.15) is 5.10 Å². The van der Waals surface area contributed by atoms with Gasteiger partial charge in [0.1, 0.15) is 17.3 Å². The van der Waals surface area contributed by atoms with Crippen LogP contribution in [-0.2, 0) is 0 Å². The Morgan fingerprint density at radius 3 is 2.61 bits per heavy atom. The molecule has 0 saturated carbocycles. The van der Waals surface area contributed by atoms with Crippen molar-refractivity contribution in [2.24, 2.45) is 5.73 Å².